The van der Waals surface area contributed by atoms with Gasteiger partial charge in [-0.05, 0) is 29.7 Å². The van der Waals surface area contributed by atoms with E-state index in [1.54, 1.807) is 12.1 Å². The zero-order valence-corrected chi connectivity index (χ0v) is 26.0. The predicted molar refractivity (Wildman–Crippen MR) is 177 cm³/mol. The van der Waals surface area contributed by atoms with Gasteiger partial charge in [-0.1, -0.05) is 78.9 Å². The van der Waals surface area contributed by atoms with Crippen LogP contribution in [0.3, 0.4) is 0 Å². The van der Waals surface area contributed by atoms with Gasteiger partial charge >= 0.3 is 5.97 Å². The van der Waals surface area contributed by atoms with Crippen LogP contribution in [0.1, 0.15) is 33.8 Å². The molecule has 3 aromatic carbocycles. The number of anilines is 3. The molecule has 1 heterocycles. The summed E-state index contributed by atoms with van der Waals surface area (Å²) in [5.74, 6) is 0.574. The molecule has 0 saturated carbocycles. The average molecular weight is 628 g/mol. The topological polar surface area (TPSA) is 149 Å². The van der Waals surface area contributed by atoms with Gasteiger partial charge < -0.3 is 35.5 Å². The molecule has 0 aliphatic rings. The van der Waals surface area contributed by atoms with E-state index in [4.69, 9.17) is 14.2 Å². The summed E-state index contributed by atoms with van der Waals surface area (Å²) >= 11 is 0. The van der Waals surface area contributed by atoms with Crippen LogP contribution in [-0.4, -0.2) is 86.5 Å². The van der Waals surface area contributed by atoms with Crippen molar-refractivity contribution in [3.63, 3.8) is 0 Å². The van der Waals surface area contributed by atoms with Crippen molar-refractivity contribution < 1.29 is 23.8 Å². The summed E-state index contributed by atoms with van der Waals surface area (Å²) in [6.07, 6.45) is 0.808. The Morgan fingerprint density at radius 3 is 1.70 bits per heavy atom. The lowest BCUT2D eigenvalue weighted by atomic mass is 9.88. The second-order valence-electron chi connectivity index (χ2n) is 10.1. The fraction of sp³-hybridized carbons (Fsp3) is 0.324. The second-order valence-corrected chi connectivity index (χ2v) is 10.1. The number of carbonyl (C=O) groups is 2. The lowest BCUT2D eigenvalue weighted by Crippen LogP contribution is -2.27. The van der Waals surface area contributed by atoms with Gasteiger partial charge in [0.2, 0.25) is 17.8 Å². The van der Waals surface area contributed by atoms with Gasteiger partial charge in [0.25, 0.3) is 5.91 Å². The second kappa shape index (κ2) is 19.3. The molecule has 4 rings (SSSR count). The Labute approximate surface area is 269 Å². The number of benzene rings is 3. The van der Waals surface area contributed by atoms with Crippen molar-refractivity contribution in [1.29, 1.82) is 0 Å². The maximum absolute atomic E-state index is 12.0. The van der Waals surface area contributed by atoms with Crippen LogP contribution in [0.4, 0.5) is 17.8 Å². The molecule has 0 unspecified atom stereocenters. The molecule has 0 fully saturated rings. The Kier molecular flexibility index (Phi) is 14.2. The van der Waals surface area contributed by atoms with Crippen LogP contribution >= 0.6 is 0 Å². The Balaban J connectivity index is 1.21. The molecule has 0 aliphatic carbocycles. The van der Waals surface area contributed by atoms with Crippen molar-refractivity contribution >= 4 is 29.7 Å². The first-order valence-corrected chi connectivity index (χ1v) is 15.3. The van der Waals surface area contributed by atoms with Crippen LogP contribution < -0.4 is 21.3 Å². The molecule has 1 aromatic heterocycles. The molecular weight excluding hydrogens is 586 g/mol. The fourth-order valence-electron chi connectivity index (χ4n) is 4.55. The standard InChI is InChI=1S/C34H41N7O5/c1-44-30(42)25-38-34-40-32(36-18-17-29(26-11-5-2-6-12-26)27-13-7-3-8-14-27)39-33(41-34)37-20-22-46-24-23-45-21-19-35-31(43)28-15-9-4-10-16-28/h2-16,29H,17-25H2,1H3,(H,35,43)(H3,36,37,38,39,40,41). The molecular formula is C34H41N7O5. The van der Waals surface area contributed by atoms with Gasteiger partial charge in [-0.25, -0.2) is 0 Å². The predicted octanol–water partition coefficient (Wildman–Crippen LogP) is 3.97. The van der Waals surface area contributed by atoms with Gasteiger partial charge in [-0.2, -0.15) is 15.0 Å². The van der Waals surface area contributed by atoms with Crippen LogP contribution in [0.25, 0.3) is 0 Å². The molecule has 242 valence electrons. The summed E-state index contributed by atoms with van der Waals surface area (Å²) in [6.45, 7) is 2.95. The molecule has 0 saturated heterocycles. The Morgan fingerprint density at radius 1 is 0.630 bits per heavy atom. The summed E-state index contributed by atoms with van der Waals surface area (Å²) in [5, 5.41) is 12.2. The van der Waals surface area contributed by atoms with E-state index in [1.807, 2.05) is 54.6 Å². The maximum Gasteiger partial charge on any atom is 0.325 e. The van der Waals surface area contributed by atoms with E-state index in [9.17, 15) is 9.59 Å². The van der Waals surface area contributed by atoms with Gasteiger partial charge in [0.1, 0.15) is 6.54 Å². The molecule has 0 radical (unpaired) electrons. The van der Waals surface area contributed by atoms with E-state index in [0.717, 1.165) is 6.42 Å². The largest absolute Gasteiger partial charge is 0.468 e. The number of aromatic nitrogens is 3. The van der Waals surface area contributed by atoms with Crippen molar-refractivity contribution in [3.8, 4) is 0 Å². The van der Waals surface area contributed by atoms with Crippen LogP contribution in [-0.2, 0) is 19.0 Å². The number of esters is 1. The van der Waals surface area contributed by atoms with Crippen molar-refractivity contribution in [2.45, 2.75) is 12.3 Å². The third kappa shape index (κ3) is 11.8. The summed E-state index contributed by atoms with van der Waals surface area (Å²) in [7, 11) is 1.32. The summed E-state index contributed by atoms with van der Waals surface area (Å²) < 4.78 is 15.9. The Hall–Kier alpha value is -5.07. The number of rotatable bonds is 20. The zero-order chi connectivity index (χ0) is 32.2. The Bertz CT molecular complexity index is 1420. The molecule has 1 amide bonds. The number of nitrogens with zero attached hydrogens (tertiary/aromatic N) is 3. The van der Waals surface area contributed by atoms with Gasteiger partial charge in [-0.15, -0.1) is 0 Å². The van der Waals surface area contributed by atoms with Crippen molar-refractivity contribution in [3.05, 3.63) is 108 Å². The Morgan fingerprint density at radius 2 is 1.13 bits per heavy atom. The van der Waals surface area contributed by atoms with Gasteiger partial charge in [0, 0.05) is 31.1 Å². The first-order chi connectivity index (χ1) is 22.6. The number of hydrogen-bond acceptors (Lipinski definition) is 11. The third-order valence-electron chi connectivity index (χ3n) is 6.84. The minimum Gasteiger partial charge on any atom is -0.468 e. The lowest BCUT2D eigenvalue weighted by molar-refractivity contribution is -0.138. The molecule has 0 aliphatic heterocycles. The summed E-state index contributed by atoms with van der Waals surface area (Å²) in [4.78, 5) is 37.0. The van der Waals surface area contributed by atoms with Crippen molar-refractivity contribution in [1.82, 2.24) is 20.3 Å². The number of methoxy groups -OCH3 is 1. The van der Waals surface area contributed by atoms with Crippen molar-refractivity contribution in [2.75, 3.05) is 75.7 Å². The van der Waals surface area contributed by atoms with E-state index in [-0.39, 0.29) is 24.3 Å². The van der Waals surface area contributed by atoms with E-state index in [0.29, 0.717) is 63.5 Å². The van der Waals surface area contributed by atoms with E-state index in [2.05, 4.69) is 60.5 Å². The highest BCUT2D eigenvalue weighted by molar-refractivity contribution is 5.94. The highest BCUT2D eigenvalue weighted by Gasteiger charge is 2.15. The van der Waals surface area contributed by atoms with E-state index in [1.165, 1.54) is 18.2 Å². The van der Waals surface area contributed by atoms with Crippen LogP contribution in [0.5, 0.6) is 0 Å². The van der Waals surface area contributed by atoms with Gasteiger partial charge in [0.05, 0.1) is 33.5 Å². The maximum atomic E-state index is 12.0. The fourth-order valence-corrected chi connectivity index (χ4v) is 4.55. The monoisotopic (exact) mass is 627 g/mol. The summed E-state index contributed by atoms with van der Waals surface area (Å²) in [6, 6.07) is 29.8. The third-order valence-corrected chi connectivity index (χ3v) is 6.84. The van der Waals surface area contributed by atoms with Crippen molar-refractivity contribution in [2.24, 2.45) is 0 Å². The van der Waals surface area contributed by atoms with Crippen LogP contribution in [0.15, 0.2) is 91.0 Å². The average Bonchev–Trinajstić information content (AvgIpc) is 3.11. The molecule has 46 heavy (non-hydrogen) atoms. The molecule has 4 N–H and O–H groups in total. The number of carbonyl (C=O) groups excluding carboxylic acids is 2. The molecule has 0 atom stereocenters. The van der Waals surface area contributed by atoms with Gasteiger partial charge in [0.15, 0.2) is 0 Å². The molecule has 12 nitrogen and oxygen atoms in total. The van der Waals surface area contributed by atoms with E-state index >= 15 is 0 Å². The SMILES string of the molecule is COC(=O)CNc1nc(NCCOCCOCCNC(=O)c2ccccc2)nc(NCCC(c2ccccc2)c2ccccc2)n1. The minimum absolute atomic E-state index is 0.0808. The molecule has 0 bridgehead atoms. The first-order valence-electron chi connectivity index (χ1n) is 15.3. The number of nitrogens with one attached hydrogen (secondary N) is 4. The van der Waals surface area contributed by atoms with Crippen LogP contribution in [0, 0.1) is 0 Å². The first kappa shape index (κ1) is 33.8. The lowest BCUT2D eigenvalue weighted by Gasteiger charge is -2.18. The minimum atomic E-state index is -0.438. The highest BCUT2D eigenvalue weighted by atomic mass is 16.5. The van der Waals surface area contributed by atoms with Crippen LogP contribution in [0.2, 0.25) is 0 Å². The smallest absolute Gasteiger partial charge is 0.325 e. The quantitative estimate of drug-likeness (QED) is 0.0833. The molecule has 4 aromatic rings. The highest BCUT2D eigenvalue weighted by Crippen LogP contribution is 2.27. The number of ether oxygens (including phenoxy) is 3. The number of amides is 1. The van der Waals surface area contributed by atoms with E-state index < -0.39 is 5.97 Å². The zero-order valence-electron chi connectivity index (χ0n) is 26.0. The summed E-state index contributed by atoms with van der Waals surface area (Å²) in [5.41, 5.74) is 3.08. The van der Waals surface area contributed by atoms with Gasteiger partial charge in [-0.3, -0.25) is 9.59 Å². The number of hydrogen-bond donors (Lipinski definition) is 4. The normalized spacial score (nSPS) is 10.7. The molecule has 0 spiro atoms. The molecule has 12 heteroatoms.